The van der Waals surface area contributed by atoms with Crippen molar-refractivity contribution in [1.29, 1.82) is 0 Å². The number of benzene rings is 2. The number of hydrogen-bond acceptors (Lipinski definition) is 6. The van der Waals surface area contributed by atoms with E-state index in [1.54, 1.807) is 25.3 Å². The zero-order chi connectivity index (χ0) is 29.4. The van der Waals surface area contributed by atoms with Gasteiger partial charge >= 0.3 is 0 Å². The van der Waals surface area contributed by atoms with Gasteiger partial charge in [-0.05, 0) is 99.8 Å². The highest BCUT2D eigenvalue weighted by Gasteiger charge is 2.43. The molecule has 0 bridgehead atoms. The van der Waals surface area contributed by atoms with Gasteiger partial charge < -0.3 is 19.4 Å². The van der Waals surface area contributed by atoms with Crippen LogP contribution in [0.2, 0.25) is 0 Å². The highest BCUT2D eigenvalue weighted by molar-refractivity contribution is 5.87. The lowest BCUT2D eigenvalue weighted by Gasteiger charge is -2.47. The number of ether oxygens (including phenoxy) is 2. The van der Waals surface area contributed by atoms with Gasteiger partial charge in [-0.1, -0.05) is 0 Å². The first-order chi connectivity index (χ1) is 21.7. The molecule has 8 nitrogen and oxygen atoms in total. The van der Waals surface area contributed by atoms with Crippen LogP contribution >= 0.6 is 0 Å². The summed E-state index contributed by atoms with van der Waals surface area (Å²) in [6.45, 7) is 7.51. The fourth-order valence-corrected chi connectivity index (χ4v) is 9.80. The largest absolute Gasteiger partial charge is 0.497 e. The van der Waals surface area contributed by atoms with Gasteiger partial charge in [0.15, 0.2) is 0 Å². The lowest BCUT2D eigenvalue weighted by atomic mass is 9.92. The molecule has 2 aromatic heterocycles. The van der Waals surface area contributed by atoms with Crippen molar-refractivity contribution in [2.75, 3.05) is 53.5 Å². The number of H-pyrrole nitrogens is 2. The van der Waals surface area contributed by atoms with E-state index in [-0.39, 0.29) is 0 Å². The minimum absolute atomic E-state index is 0.585. The van der Waals surface area contributed by atoms with E-state index in [0.29, 0.717) is 24.4 Å². The van der Waals surface area contributed by atoms with Crippen molar-refractivity contribution in [3.05, 3.63) is 58.9 Å². The van der Waals surface area contributed by atoms with Crippen molar-refractivity contribution >= 4 is 21.8 Å². The Labute approximate surface area is 260 Å². The highest BCUT2D eigenvalue weighted by atomic mass is 16.5. The van der Waals surface area contributed by atoms with E-state index in [4.69, 9.17) is 9.47 Å². The van der Waals surface area contributed by atoms with E-state index in [1.165, 1.54) is 124 Å². The summed E-state index contributed by atoms with van der Waals surface area (Å²) in [7, 11) is 3.48. The van der Waals surface area contributed by atoms with Gasteiger partial charge in [0.2, 0.25) is 0 Å². The Morgan fingerprint density at radius 1 is 0.591 bits per heavy atom. The molecule has 2 N–H and O–H groups in total. The average Bonchev–Trinajstić information content (AvgIpc) is 3.87. The maximum absolute atomic E-state index is 5.38. The molecule has 2 aromatic carbocycles. The molecule has 6 aliphatic rings. The highest BCUT2D eigenvalue weighted by Crippen LogP contribution is 2.44. The number of hydrogen-bond donors (Lipinski definition) is 2. The summed E-state index contributed by atoms with van der Waals surface area (Å²) in [6, 6.07) is 14.1. The quantitative estimate of drug-likeness (QED) is 0.306. The fourth-order valence-electron chi connectivity index (χ4n) is 9.80. The lowest BCUT2D eigenvalue weighted by molar-refractivity contribution is -0.0162. The zero-order valence-electron chi connectivity index (χ0n) is 26.3. The average molecular weight is 595 g/mol. The zero-order valence-corrected chi connectivity index (χ0v) is 26.3. The first-order valence-corrected chi connectivity index (χ1v) is 17.1. The van der Waals surface area contributed by atoms with Crippen LogP contribution in [0.25, 0.3) is 21.8 Å². The van der Waals surface area contributed by atoms with E-state index >= 15 is 0 Å². The van der Waals surface area contributed by atoms with Crippen LogP contribution in [0.5, 0.6) is 11.5 Å². The number of methoxy groups -OCH3 is 2. The van der Waals surface area contributed by atoms with Gasteiger partial charge in [-0.2, -0.15) is 0 Å². The molecular weight excluding hydrogens is 548 g/mol. The molecule has 232 valence electrons. The van der Waals surface area contributed by atoms with Crippen LogP contribution in [0.4, 0.5) is 0 Å². The van der Waals surface area contributed by atoms with Crippen LogP contribution in [-0.2, 0) is 12.8 Å². The lowest BCUT2D eigenvalue weighted by Crippen LogP contribution is -2.53. The summed E-state index contributed by atoms with van der Waals surface area (Å²) in [5.41, 5.74) is 8.51. The molecule has 6 aliphatic heterocycles. The Balaban J connectivity index is 0.000000123. The Kier molecular flexibility index (Phi) is 6.69. The van der Waals surface area contributed by atoms with Gasteiger partial charge in [-0.15, -0.1) is 0 Å². The molecule has 4 fully saturated rings. The van der Waals surface area contributed by atoms with Gasteiger partial charge in [0.1, 0.15) is 11.5 Å². The summed E-state index contributed by atoms with van der Waals surface area (Å²) in [6.07, 6.45) is 11.7. The van der Waals surface area contributed by atoms with Crippen LogP contribution in [0.3, 0.4) is 0 Å². The van der Waals surface area contributed by atoms with E-state index in [1.807, 2.05) is 0 Å². The van der Waals surface area contributed by atoms with Crippen molar-refractivity contribution < 1.29 is 9.47 Å². The summed E-state index contributed by atoms with van der Waals surface area (Å²) in [5.74, 6) is 1.88. The Morgan fingerprint density at radius 3 is 1.52 bits per heavy atom. The van der Waals surface area contributed by atoms with Crippen LogP contribution in [-0.4, -0.2) is 95.4 Å². The number of fused-ring (bicyclic) bond motifs is 14. The normalized spacial score (nSPS) is 28.4. The molecule has 8 heteroatoms. The van der Waals surface area contributed by atoms with Gasteiger partial charge in [-0.3, -0.25) is 19.6 Å². The summed E-state index contributed by atoms with van der Waals surface area (Å²) in [4.78, 5) is 18.3. The molecule has 0 amide bonds. The fraction of sp³-hybridized carbons (Fsp3) is 0.556. The molecule has 4 atom stereocenters. The minimum atomic E-state index is 0.585. The van der Waals surface area contributed by atoms with Gasteiger partial charge in [-0.25, -0.2) is 0 Å². The van der Waals surface area contributed by atoms with Crippen LogP contribution in [0, 0.1) is 0 Å². The molecule has 0 saturated carbocycles. The van der Waals surface area contributed by atoms with Crippen molar-refractivity contribution in [3.8, 4) is 11.5 Å². The first-order valence-electron chi connectivity index (χ1n) is 17.1. The minimum Gasteiger partial charge on any atom is -0.497 e. The van der Waals surface area contributed by atoms with Gasteiger partial charge in [0.25, 0.3) is 0 Å². The summed E-state index contributed by atoms with van der Waals surface area (Å²) in [5, 5.41) is 2.79. The third-order valence-corrected chi connectivity index (χ3v) is 11.8. The van der Waals surface area contributed by atoms with Crippen LogP contribution < -0.4 is 9.47 Å². The van der Waals surface area contributed by atoms with E-state index in [2.05, 4.69) is 66.0 Å². The topological polar surface area (TPSA) is 63.0 Å². The smallest absolute Gasteiger partial charge is 0.120 e. The number of rotatable bonds is 2. The molecule has 44 heavy (non-hydrogen) atoms. The first kappa shape index (κ1) is 27.3. The number of nitrogens with zero attached hydrogens (tertiary/aromatic N) is 4. The van der Waals surface area contributed by atoms with Crippen molar-refractivity contribution in [2.45, 2.75) is 75.8 Å². The van der Waals surface area contributed by atoms with E-state index in [9.17, 15) is 0 Å². The third-order valence-electron chi connectivity index (χ3n) is 11.8. The van der Waals surface area contributed by atoms with Crippen molar-refractivity contribution in [2.24, 2.45) is 0 Å². The molecule has 0 aliphatic carbocycles. The van der Waals surface area contributed by atoms with E-state index in [0.717, 1.165) is 11.5 Å². The Hall–Kier alpha value is -3.04. The number of aromatic nitrogens is 2. The molecular formula is C36H46N6O2. The van der Waals surface area contributed by atoms with Gasteiger partial charge in [0, 0.05) is 71.5 Å². The molecule has 8 heterocycles. The Bertz CT molecular complexity index is 1570. The van der Waals surface area contributed by atoms with E-state index < -0.39 is 0 Å². The standard InChI is InChI=1S/2C18H23N3O/c2*1-22-12-4-5-13-14-6-10-21-16(18(14)19-15(13)11-12)7-9-20-8-2-3-17(20)21/h2*4-5,11,16-17,19H,2-3,6-10H2,1H3/t2*16-,17-/m10/s1. The second-order valence-corrected chi connectivity index (χ2v) is 13.8. The van der Waals surface area contributed by atoms with Crippen LogP contribution in [0.15, 0.2) is 36.4 Å². The predicted molar refractivity (Wildman–Crippen MR) is 174 cm³/mol. The summed E-state index contributed by atoms with van der Waals surface area (Å²) >= 11 is 0. The number of aromatic amines is 2. The third kappa shape index (κ3) is 4.25. The molecule has 10 rings (SSSR count). The molecule has 4 saturated heterocycles. The summed E-state index contributed by atoms with van der Waals surface area (Å²) < 4.78 is 10.8. The second kappa shape index (κ2) is 10.8. The SMILES string of the molecule is COc1ccc2c3c([nH]c2c1)[C@@H]1CCN2CCC[C@@H]2N1CC3.COc1ccc2c3c([nH]c2c1)[C@H]1CCN2CCC[C@H]2N1CC3. The van der Waals surface area contributed by atoms with Crippen molar-refractivity contribution in [1.82, 2.24) is 29.6 Å². The predicted octanol–water partition coefficient (Wildman–Crippen LogP) is 5.80. The second-order valence-electron chi connectivity index (χ2n) is 13.8. The number of nitrogens with one attached hydrogen (secondary N) is 2. The maximum Gasteiger partial charge on any atom is 0.120 e. The van der Waals surface area contributed by atoms with Crippen LogP contribution in [0.1, 0.15) is 73.1 Å². The van der Waals surface area contributed by atoms with Crippen molar-refractivity contribution in [3.63, 3.8) is 0 Å². The maximum atomic E-state index is 5.38. The van der Waals surface area contributed by atoms with Gasteiger partial charge in [0.05, 0.1) is 38.6 Å². The molecule has 0 unspecified atom stereocenters. The Morgan fingerprint density at radius 2 is 1.07 bits per heavy atom. The molecule has 0 radical (unpaired) electrons. The monoisotopic (exact) mass is 594 g/mol. The molecule has 0 spiro atoms. The molecule has 4 aromatic rings.